The summed E-state index contributed by atoms with van der Waals surface area (Å²) in [6.07, 6.45) is 2.14. The SMILES string of the molecule is CCCN1C(=O)C(=O)N(CN2CCC[C@H](C(=O)Nc3ccccc3)C2)C1=O. The maximum atomic E-state index is 12.5. The predicted octanol–water partition coefficient (Wildman–Crippen LogP) is 1.50. The third-order valence-corrected chi connectivity index (χ3v) is 4.84. The molecular formula is C19H24N4O4. The summed E-state index contributed by atoms with van der Waals surface area (Å²) in [6, 6.07) is 8.68. The van der Waals surface area contributed by atoms with E-state index < -0.39 is 17.8 Å². The van der Waals surface area contributed by atoms with Crippen LogP contribution >= 0.6 is 0 Å². The van der Waals surface area contributed by atoms with Crippen molar-refractivity contribution < 1.29 is 19.2 Å². The van der Waals surface area contributed by atoms with Gasteiger partial charge in [-0.2, -0.15) is 0 Å². The maximum Gasteiger partial charge on any atom is 0.335 e. The number of likely N-dealkylation sites (tertiary alicyclic amines) is 1. The highest BCUT2D eigenvalue weighted by Crippen LogP contribution is 2.21. The molecule has 1 aromatic rings. The first-order valence-corrected chi connectivity index (χ1v) is 9.27. The Morgan fingerprint density at radius 1 is 1.11 bits per heavy atom. The summed E-state index contributed by atoms with van der Waals surface area (Å²) in [5.74, 6) is -1.86. The number of hydrogen-bond acceptors (Lipinski definition) is 5. The number of carbonyl (C=O) groups excluding carboxylic acids is 4. The number of carbonyl (C=O) groups is 4. The van der Waals surface area contributed by atoms with Crippen molar-refractivity contribution in [2.45, 2.75) is 26.2 Å². The Bertz CT molecular complexity index is 736. The third-order valence-electron chi connectivity index (χ3n) is 4.84. The number of imide groups is 2. The zero-order valence-electron chi connectivity index (χ0n) is 15.4. The van der Waals surface area contributed by atoms with Gasteiger partial charge in [0.25, 0.3) is 0 Å². The summed E-state index contributed by atoms with van der Waals surface area (Å²) < 4.78 is 0. The van der Waals surface area contributed by atoms with E-state index in [0.717, 1.165) is 28.3 Å². The predicted molar refractivity (Wildman–Crippen MR) is 98.5 cm³/mol. The van der Waals surface area contributed by atoms with Gasteiger partial charge in [-0.15, -0.1) is 0 Å². The molecule has 1 N–H and O–H groups in total. The number of urea groups is 1. The number of anilines is 1. The van der Waals surface area contributed by atoms with Gasteiger partial charge in [-0.05, 0) is 37.9 Å². The average molecular weight is 372 g/mol. The van der Waals surface area contributed by atoms with Crippen LogP contribution in [0.25, 0.3) is 0 Å². The molecule has 2 aliphatic rings. The van der Waals surface area contributed by atoms with Crippen LogP contribution in [0.1, 0.15) is 26.2 Å². The van der Waals surface area contributed by atoms with Gasteiger partial charge in [0, 0.05) is 18.8 Å². The van der Waals surface area contributed by atoms with Gasteiger partial charge in [-0.1, -0.05) is 25.1 Å². The van der Waals surface area contributed by atoms with Crippen LogP contribution in [0.5, 0.6) is 0 Å². The summed E-state index contributed by atoms with van der Waals surface area (Å²) in [5, 5.41) is 2.90. The van der Waals surface area contributed by atoms with Gasteiger partial charge >= 0.3 is 17.8 Å². The smallest absolute Gasteiger partial charge is 0.326 e. The molecule has 5 amide bonds. The summed E-state index contributed by atoms with van der Waals surface area (Å²) in [7, 11) is 0. The first-order chi connectivity index (χ1) is 13.0. The van der Waals surface area contributed by atoms with E-state index in [9.17, 15) is 19.2 Å². The standard InChI is InChI=1S/C19H24N4O4/c1-2-10-22-17(25)18(26)23(19(22)27)13-21-11-6-7-14(12-21)16(24)20-15-8-4-3-5-9-15/h3-5,8-9,14H,2,6-7,10-13H2,1H3,(H,20,24)/t14-/m0/s1. The molecule has 0 spiro atoms. The Hall–Kier alpha value is -2.74. The molecule has 3 rings (SSSR count). The van der Waals surface area contributed by atoms with Crippen molar-refractivity contribution in [3.8, 4) is 0 Å². The first kappa shape index (κ1) is 19.0. The van der Waals surface area contributed by atoms with Crippen LogP contribution in [-0.2, 0) is 14.4 Å². The fourth-order valence-corrected chi connectivity index (χ4v) is 3.46. The lowest BCUT2D eigenvalue weighted by atomic mass is 9.97. The van der Waals surface area contributed by atoms with Gasteiger partial charge in [0.1, 0.15) is 0 Å². The lowest BCUT2D eigenvalue weighted by Gasteiger charge is -2.33. The number of benzene rings is 1. The molecule has 8 nitrogen and oxygen atoms in total. The number of amides is 5. The quantitative estimate of drug-likeness (QED) is 0.604. The Kier molecular flexibility index (Phi) is 5.85. The van der Waals surface area contributed by atoms with Crippen LogP contribution in [0.4, 0.5) is 10.5 Å². The minimum absolute atomic E-state index is 0.0404. The van der Waals surface area contributed by atoms with E-state index in [4.69, 9.17) is 0 Å². The van der Waals surface area contributed by atoms with E-state index in [1.165, 1.54) is 0 Å². The highest BCUT2D eigenvalue weighted by atomic mass is 16.2. The maximum absolute atomic E-state index is 12.5. The first-order valence-electron chi connectivity index (χ1n) is 9.27. The summed E-state index contributed by atoms with van der Waals surface area (Å²) in [4.78, 5) is 52.8. The zero-order chi connectivity index (χ0) is 19.4. The largest absolute Gasteiger partial charge is 0.335 e. The second kappa shape index (κ2) is 8.30. The molecule has 1 atom stereocenters. The van der Waals surface area contributed by atoms with Crippen molar-refractivity contribution in [3.63, 3.8) is 0 Å². The number of piperidine rings is 1. The van der Waals surface area contributed by atoms with Gasteiger partial charge in [0.15, 0.2) is 0 Å². The van der Waals surface area contributed by atoms with Crippen molar-refractivity contribution in [2.75, 3.05) is 31.6 Å². The van der Waals surface area contributed by atoms with Crippen LogP contribution in [0.3, 0.4) is 0 Å². The second-order valence-corrected chi connectivity index (χ2v) is 6.89. The van der Waals surface area contributed by atoms with Gasteiger partial charge in [-0.25, -0.2) is 9.69 Å². The van der Waals surface area contributed by atoms with Crippen LogP contribution in [-0.4, -0.2) is 64.8 Å². The van der Waals surface area contributed by atoms with Gasteiger partial charge in [-0.3, -0.25) is 24.2 Å². The van der Waals surface area contributed by atoms with E-state index in [1.54, 1.807) is 0 Å². The molecule has 2 heterocycles. The Morgan fingerprint density at radius 2 is 1.81 bits per heavy atom. The molecule has 0 aliphatic carbocycles. The number of nitrogens with one attached hydrogen (secondary N) is 1. The number of hydrogen-bond donors (Lipinski definition) is 1. The van der Waals surface area contributed by atoms with Gasteiger partial charge in [0.2, 0.25) is 5.91 Å². The molecule has 1 aromatic carbocycles. The monoisotopic (exact) mass is 372 g/mol. The fourth-order valence-electron chi connectivity index (χ4n) is 3.46. The van der Waals surface area contributed by atoms with Crippen molar-refractivity contribution in [2.24, 2.45) is 5.92 Å². The summed E-state index contributed by atoms with van der Waals surface area (Å²) >= 11 is 0. The highest BCUT2D eigenvalue weighted by molar-refractivity contribution is 6.44. The molecule has 0 bridgehead atoms. The van der Waals surface area contributed by atoms with E-state index in [2.05, 4.69) is 5.32 Å². The van der Waals surface area contributed by atoms with Crippen molar-refractivity contribution in [1.82, 2.24) is 14.7 Å². The topological polar surface area (TPSA) is 90.0 Å². The molecule has 0 saturated carbocycles. The van der Waals surface area contributed by atoms with E-state index in [1.807, 2.05) is 42.2 Å². The average Bonchev–Trinajstić information content (AvgIpc) is 2.87. The molecule has 0 radical (unpaired) electrons. The second-order valence-electron chi connectivity index (χ2n) is 6.89. The molecule has 144 valence electrons. The molecule has 2 fully saturated rings. The lowest BCUT2D eigenvalue weighted by Crippen LogP contribution is -2.48. The zero-order valence-corrected chi connectivity index (χ0v) is 15.4. The van der Waals surface area contributed by atoms with Gasteiger partial charge in [0.05, 0.1) is 12.6 Å². The molecule has 0 aromatic heterocycles. The van der Waals surface area contributed by atoms with Crippen molar-refractivity contribution in [3.05, 3.63) is 30.3 Å². The third kappa shape index (κ3) is 4.16. The Morgan fingerprint density at radius 3 is 2.52 bits per heavy atom. The van der Waals surface area contributed by atoms with Crippen molar-refractivity contribution >= 4 is 29.4 Å². The minimum atomic E-state index is -0.788. The van der Waals surface area contributed by atoms with E-state index >= 15 is 0 Å². The Labute approximate surface area is 158 Å². The highest BCUT2D eigenvalue weighted by Gasteiger charge is 2.44. The molecular weight excluding hydrogens is 348 g/mol. The summed E-state index contributed by atoms with van der Waals surface area (Å²) in [6.45, 7) is 3.24. The lowest BCUT2D eigenvalue weighted by molar-refractivity contribution is -0.144. The fraction of sp³-hybridized carbons (Fsp3) is 0.474. The van der Waals surface area contributed by atoms with E-state index in [-0.39, 0.29) is 25.0 Å². The summed E-state index contributed by atoms with van der Waals surface area (Å²) in [5.41, 5.74) is 0.741. The Balaban J connectivity index is 1.60. The normalized spacial score (nSPS) is 21.1. The number of nitrogens with zero attached hydrogens (tertiary/aromatic N) is 3. The molecule has 2 aliphatic heterocycles. The van der Waals surface area contributed by atoms with Crippen molar-refractivity contribution in [1.29, 1.82) is 0 Å². The number of rotatable bonds is 6. The van der Waals surface area contributed by atoms with Gasteiger partial charge < -0.3 is 5.32 Å². The molecule has 0 unspecified atom stereocenters. The molecule has 8 heteroatoms. The van der Waals surface area contributed by atoms with Crippen LogP contribution < -0.4 is 5.32 Å². The van der Waals surface area contributed by atoms with Crippen LogP contribution in [0.15, 0.2) is 30.3 Å². The number of para-hydroxylation sites is 1. The van der Waals surface area contributed by atoms with E-state index in [0.29, 0.717) is 19.5 Å². The van der Waals surface area contributed by atoms with Crippen LogP contribution in [0, 0.1) is 5.92 Å². The molecule has 27 heavy (non-hydrogen) atoms. The minimum Gasteiger partial charge on any atom is -0.326 e. The molecule has 2 saturated heterocycles. The van der Waals surface area contributed by atoms with Crippen LogP contribution in [0.2, 0.25) is 0 Å².